The molecule has 0 aliphatic carbocycles. The first-order valence-electron chi connectivity index (χ1n) is 15.0. The van der Waals surface area contributed by atoms with Gasteiger partial charge < -0.3 is 18.7 Å². The van der Waals surface area contributed by atoms with Crippen molar-refractivity contribution in [2.75, 3.05) is 38.1 Å². The Balaban J connectivity index is 1.32. The number of nitrogens with zero attached hydrogens (tertiary/aromatic N) is 4. The number of anilines is 1. The van der Waals surface area contributed by atoms with Crippen LogP contribution in [0.1, 0.15) is 26.3 Å². The highest BCUT2D eigenvalue weighted by atomic mass is 35.5. The second-order valence-electron chi connectivity index (χ2n) is 12.2. The molecule has 3 aromatic carbocycles. The maximum atomic E-state index is 14.0. The van der Waals surface area contributed by atoms with Crippen LogP contribution in [0.15, 0.2) is 84.0 Å². The summed E-state index contributed by atoms with van der Waals surface area (Å²) in [5, 5.41) is 1.93. The molecular formula is C34H36Cl2N4O6S. The topological polar surface area (TPSA) is 109 Å². The number of carbonyl (C=O) groups is 2. The van der Waals surface area contributed by atoms with Gasteiger partial charge in [0.2, 0.25) is 10.9 Å². The zero-order valence-electron chi connectivity index (χ0n) is 26.5. The molecule has 4 aromatic rings. The maximum absolute atomic E-state index is 14.0. The van der Waals surface area contributed by atoms with Crippen molar-refractivity contribution in [1.29, 1.82) is 0 Å². The minimum atomic E-state index is -4.23. The molecule has 2 amide bonds. The summed E-state index contributed by atoms with van der Waals surface area (Å²) in [4.78, 5) is 36.4. The third-order valence-electron chi connectivity index (χ3n) is 7.73. The molecule has 1 aliphatic heterocycles. The number of amides is 2. The summed E-state index contributed by atoms with van der Waals surface area (Å²) >= 11 is 12.3. The van der Waals surface area contributed by atoms with Gasteiger partial charge in [-0.1, -0.05) is 59.6 Å². The van der Waals surface area contributed by atoms with Gasteiger partial charge in [0.15, 0.2) is 0 Å². The summed E-state index contributed by atoms with van der Waals surface area (Å²) in [5.74, 6) is -0.137. The summed E-state index contributed by atoms with van der Waals surface area (Å²) in [6, 6.07) is 19.7. The van der Waals surface area contributed by atoms with Crippen molar-refractivity contribution in [3.63, 3.8) is 0 Å². The summed E-state index contributed by atoms with van der Waals surface area (Å²) in [7, 11) is -2.69. The van der Waals surface area contributed by atoms with Gasteiger partial charge >= 0.3 is 16.2 Å². The van der Waals surface area contributed by atoms with Gasteiger partial charge in [-0.2, -0.15) is 8.42 Å². The zero-order chi connectivity index (χ0) is 33.9. The first-order chi connectivity index (χ1) is 22.2. The smallest absolute Gasteiger partial charge is 0.410 e. The number of likely N-dealkylation sites (N-methyl/N-ethyl adjacent to an activating group) is 1. The van der Waals surface area contributed by atoms with Crippen LogP contribution >= 0.6 is 23.2 Å². The first kappa shape index (κ1) is 34.3. The summed E-state index contributed by atoms with van der Waals surface area (Å²) in [5.41, 5.74) is 0.851. The molecule has 13 heteroatoms. The van der Waals surface area contributed by atoms with E-state index in [1.54, 1.807) is 81.2 Å². The van der Waals surface area contributed by atoms with Crippen molar-refractivity contribution in [2.45, 2.75) is 43.9 Å². The minimum Gasteiger partial charge on any atom is -0.444 e. The fourth-order valence-electron chi connectivity index (χ4n) is 5.29. The average molecular weight is 700 g/mol. The molecule has 0 radical (unpaired) electrons. The van der Waals surface area contributed by atoms with Crippen LogP contribution in [0.4, 0.5) is 10.5 Å². The van der Waals surface area contributed by atoms with E-state index in [-0.39, 0.29) is 23.1 Å². The molecule has 5 rings (SSSR count). The Labute approximate surface area is 284 Å². The number of hydrogen-bond donors (Lipinski definition) is 0. The van der Waals surface area contributed by atoms with Gasteiger partial charge in [-0.05, 0) is 68.1 Å². The van der Waals surface area contributed by atoms with Crippen molar-refractivity contribution in [3.8, 4) is 5.75 Å². The monoisotopic (exact) mass is 698 g/mol. The Morgan fingerprint density at radius 1 is 0.936 bits per heavy atom. The SMILES string of the molecule is CN(C(=O)OC(C)(C)C)[C@@H](Cc1ccc(OS(=O)(=O)c2nccc3ccccc23)cc1)C(=O)N1CCN(c2ccc(Cl)c(Cl)c2)CC1. The molecule has 47 heavy (non-hydrogen) atoms. The van der Waals surface area contributed by atoms with Gasteiger partial charge in [0.1, 0.15) is 17.4 Å². The van der Waals surface area contributed by atoms with E-state index in [2.05, 4.69) is 9.88 Å². The molecule has 10 nitrogen and oxygen atoms in total. The largest absolute Gasteiger partial charge is 0.444 e. The number of aromatic nitrogens is 1. The number of ether oxygens (including phenoxy) is 1. The third kappa shape index (κ3) is 8.27. The Kier molecular flexibility index (Phi) is 10.2. The summed E-state index contributed by atoms with van der Waals surface area (Å²) in [6.07, 6.45) is 0.964. The second kappa shape index (κ2) is 14.0. The highest BCUT2D eigenvalue weighted by molar-refractivity contribution is 7.87. The Bertz CT molecular complexity index is 1870. The molecule has 1 saturated heterocycles. The van der Waals surface area contributed by atoms with Crippen molar-refractivity contribution in [1.82, 2.24) is 14.8 Å². The van der Waals surface area contributed by atoms with E-state index in [1.165, 1.54) is 23.2 Å². The molecule has 248 valence electrons. The second-order valence-corrected chi connectivity index (χ2v) is 14.5. The van der Waals surface area contributed by atoms with E-state index < -0.39 is 27.9 Å². The predicted molar refractivity (Wildman–Crippen MR) is 183 cm³/mol. The van der Waals surface area contributed by atoms with Crippen LogP contribution in [0, 0.1) is 0 Å². The number of rotatable bonds is 8. The van der Waals surface area contributed by atoms with E-state index >= 15 is 0 Å². The van der Waals surface area contributed by atoms with Crippen molar-refractivity contribution in [2.24, 2.45) is 0 Å². The lowest BCUT2D eigenvalue weighted by Crippen LogP contribution is -2.56. The lowest BCUT2D eigenvalue weighted by molar-refractivity contribution is -0.136. The molecule has 0 N–H and O–H groups in total. The molecule has 0 unspecified atom stereocenters. The van der Waals surface area contributed by atoms with Crippen LogP contribution in [0.2, 0.25) is 10.0 Å². The van der Waals surface area contributed by atoms with Crippen LogP contribution < -0.4 is 9.08 Å². The number of fused-ring (bicyclic) bond motifs is 1. The molecule has 1 fully saturated rings. The third-order valence-corrected chi connectivity index (χ3v) is 9.68. The van der Waals surface area contributed by atoms with E-state index in [1.807, 2.05) is 12.1 Å². The number of carbonyl (C=O) groups excluding carboxylic acids is 2. The van der Waals surface area contributed by atoms with Crippen molar-refractivity contribution < 1.29 is 26.9 Å². The zero-order valence-corrected chi connectivity index (χ0v) is 28.8. The van der Waals surface area contributed by atoms with E-state index in [9.17, 15) is 18.0 Å². The van der Waals surface area contributed by atoms with Crippen LogP contribution in [0.25, 0.3) is 10.8 Å². The van der Waals surface area contributed by atoms with Crippen LogP contribution in [-0.2, 0) is 26.1 Å². The van der Waals surface area contributed by atoms with Gasteiger partial charge in [-0.3, -0.25) is 9.69 Å². The van der Waals surface area contributed by atoms with E-state index in [0.29, 0.717) is 47.2 Å². The Morgan fingerprint density at radius 3 is 2.28 bits per heavy atom. The predicted octanol–water partition coefficient (Wildman–Crippen LogP) is 6.44. The minimum absolute atomic E-state index is 0.0882. The van der Waals surface area contributed by atoms with Gasteiger partial charge in [0.05, 0.1) is 10.0 Å². The number of halogens is 2. The molecule has 0 bridgehead atoms. The quantitative estimate of drug-likeness (QED) is 0.194. The number of benzene rings is 3. The summed E-state index contributed by atoms with van der Waals surface area (Å²) < 4.78 is 37.3. The fourth-order valence-corrected chi connectivity index (χ4v) is 6.67. The molecule has 1 aliphatic rings. The molecule has 1 aromatic heterocycles. The van der Waals surface area contributed by atoms with E-state index in [4.69, 9.17) is 32.1 Å². The molecular weight excluding hydrogens is 663 g/mol. The highest BCUT2D eigenvalue weighted by Gasteiger charge is 2.35. The molecule has 2 heterocycles. The highest BCUT2D eigenvalue weighted by Crippen LogP contribution is 2.29. The number of hydrogen-bond acceptors (Lipinski definition) is 8. The van der Waals surface area contributed by atoms with Crippen LogP contribution in [0.5, 0.6) is 5.75 Å². The first-order valence-corrected chi connectivity index (χ1v) is 17.2. The van der Waals surface area contributed by atoms with Gasteiger partial charge in [0, 0.05) is 56.9 Å². The van der Waals surface area contributed by atoms with Gasteiger partial charge in [-0.25, -0.2) is 9.78 Å². The van der Waals surface area contributed by atoms with Gasteiger partial charge in [0.25, 0.3) is 0 Å². The van der Waals surface area contributed by atoms with Crippen molar-refractivity contribution in [3.05, 3.63) is 94.6 Å². The Morgan fingerprint density at radius 2 is 1.62 bits per heavy atom. The lowest BCUT2D eigenvalue weighted by atomic mass is 10.0. The van der Waals surface area contributed by atoms with Crippen molar-refractivity contribution >= 4 is 61.8 Å². The molecule has 1 atom stereocenters. The standard InChI is InChI=1S/C34H36Cl2N4O6S/c1-34(2,3)45-33(42)38(4)30(32(41)40-19-17-39(18-20-40)25-11-14-28(35)29(36)22-25)21-23-9-12-26(13-10-23)46-47(43,44)31-27-8-6-5-7-24(27)15-16-37-31/h5-16,22,30H,17-21H2,1-4H3/t30-/m0/s1. The number of piperazine rings is 1. The van der Waals surface area contributed by atoms with Crippen LogP contribution in [0.3, 0.4) is 0 Å². The number of pyridine rings is 1. The van der Waals surface area contributed by atoms with E-state index in [0.717, 1.165) is 11.1 Å². The molecule has 0 spiro atoms. The summed E-state index contributed by atoms with van der Waals surface area (Å²) in [6.45, 7) is 7.29. The average Bonchev–Trinajstić information content (AvgIpc) is 3.04. The fraction of sp³-hybridized carbons (Fsp3) is 0.324. The Hall–Kier alpha value is -4.06. The molecule has 0 saturated carbocycles. The van der Waals surface area contributed by atoms with Crippen LogP contribution in [-0.4, -0.2) is 80.1 Å². The van der Waals surface area contributed by atoms with Gasteiger partial charge in [-0.15, -0.1) is 0 Å². The maximum Gasteiger partial charge on any atom is 0.410 e. The lowest BCUT2D eigenvalue weighted by Gasteiger charge is -2.39. The normalized spacial score (nSPS) is 14.5.